The fraction of sp³-hybridized carbons (Fsp3) is 0.636. The number of nitrogens with one attached hydrogen (secondary N) is 7. The number of amides is 11. The number of rotatable bonds is 6. The number of nitrogens with two attached hydrogens (primary N) is 2. The minimum atomic E-state index is -1.96. The molecule has 0 aliphatic carbocycles. The van der Waals surface area contributed by atoms with Gasteiger partial charge in [-0.05, 0) is 19.8 Å². The van der Waals surface area contributed by atoms with Crippen LogP contribution in [-0.2, 0) is 57.5 Å². The van der Waals surface area contributed by atoms with Crippen LogP contribution in [0.3, 0.4) is 0 Å². The first-order valence-corrected chi connectivity index (χ1v) is 21.1. The summed E-state index contributed by atoms with van der Waals surface area (Å²) in [6.07, 6.45) is -2.99. The third-order valence-corrected chi connectivity index (χ3v) is 12.9. The summed E-state index contributed by atoms with van der Waals surface area (Å²) < 4.78 is 0. The van der Waals surface area contributed by atoms with Crippen molar-refractivity contribution in [2.45, 2.75) is 106 Å². The molecule has 0 aromatic heterocycles. The molecule has 0 aromatic carbocycles. The summed E-state index contributed by atoms with van der Waals surface area (Å²) in [4.78, 5) is 161. The molecule has 5 heterocycles. The van der Waals surface area contributed by atoms with Crippen molar-refractivity contribution in [2.24, 2.45) is 11.5 Å². The minimum Gasteiger partial charge on any atom is -0.481 e. The maximum atomic E-state index is 14.0. The van der Waals surface area contributed by atoms with E-state index in [0.717, 1.165) is 31.4 Å². The van der Waals surface area contributed by atoms with Gasteiger partial charge in [-0.1, -0.05) is 21.6 Å². The highest BCUT2D eigenvalue weighted by Gasteiger charge is 2.59. The average molecular weight is 868 g/mol. The summed E-state index contributed by atoms with van der Waals surface area (Å²) in [5, 5.41) is 27.0. The molecule has 9 atom stereocenters. The van der Waals surface area contributed by atoms with Crippen LogP contribution in [0.5, 0.6) is 0 Å². The van der Waals surface area contributed by atoms with E-state index >= 15 is 0 Å². The number of hydrogen-bond acceptors (Lipinski definition) is 14. The van der Waals surface area contributed by atoms with E-state index in [2.05, 4.69) is 37.2 Å². The van der Waals surface area contributed by atoms with Crippen LogP contribution in [0, 0.1) is 0 Å². The van der Waals surface area contributed by atoms with Crippen LogP contribution >= 0.6 is 21.6 Å². The Morgan fingerprint density at radius 3 is 1.98 bits per heavy atom. The van der Waals surface area contributed by atoms with Gasteiger partial charge in [0, 0.05) is 37.1 Å². The fourth-order valence-electron chi connectivity index (χ4n) is 7.64. The lowest BCUT2D eigenvalue weighted by molar-refractivity contribution is -0.159. The van der Waals surface area contributed by atoms with E-state index in [-0.39, 0.29) is 43.9 Å². The first-order valence-electron chi connectivity index (χ1n) is 18.6. The molecule has 0 spiro atoms. The second-order valence-corrected chi connectivity index (χ2v) is 17.4. The zero-order valence-electron chi connectivity index (χ0n) is 31.6. The molecule has 5 fully saturated rings. The highest BCUT2D eigenvalue weighted by Crippen LogP contribution is 2.37. The van der Waals surface area contributed by atoms with Crippen molar-refractivity contribution in [2.75, 3.05) is 24.6 Å². The number of carbonyl (C=O) groups excluding carboxylic acids is 11. The van der Waals surface area contributed by atoms with Gasteiger partial charge < -0.3 is 63.6 Å². The lowest BCUT2D eigenvalue weighted by Gasteiger charge is -2.42. The van der Waals surface area contributed by atoms with Crippen LogP contribution < -0.4 is 48.7 Å². The predicted molar refractivity (Wildman–Crippen MR) is 202 cm³/mol. The van der Waals surface area contributed by atoms with E-state index in [4.69, 9.17) is 11.5 Å². The molecule has 0 radical (unpaired) electrons. The van der Waals surface area contributed by atoms with Gasteiger partial charge in [-0.15, -0.1) is 0 Å². The van der Waals surface area contributed by atoms with Crippen molar-refractivity contribution in [1.82, 2.24) is 47.0 Å². The quantitative estimate of drug-likeness (QED) is 0.111. The van der Waals surface area contributed by atoms with Crippen molar-refractivity contribution in [3.8, 4) is 0 Å². The van der Waals surface area contributed by atoms with E-state index in [0.29, 0.717) is 0 Å². The van der Waals surface area contributed by atoms with Crippen LogP contribution in [0.25, 0.3) is 0 Å². The molecule has 24 nitrogen and oxygen atoms in total. The summed E-state index contributed by atoms with van der Waals surface area (Å²) in [5.74, 6) is -12.1. The van der Waals surface area contributed by atoms with E-state index in [1.165, 1.54) is 6.92 Å². The second kappa shape index (κ2) is 18.5. The van der Waals surface area contributed by atoms with Crippen LogP contribution in [-0.4, -0.2) is 164 Å². The molecule has 26 heteroatoms. The van der Waals surface area contributed by atoms with Gasteiger partial charge in [0.25, 0.3) is 0 Å². The number of piperazine rings is 1. The highest BCUT2D eigenvalue weighted by molar-refractivity contribution is 8.76. The number of aliphatic carboxylic acids is 1. The van der Waals surface area contributed by atoms with Gasteiger partial charge in [0.2, 0.25) is 65.0 Å². The van der Waals surface area contributed by atoms with E-state index in [9.17, 15) is 62.6 Å². The molecule has 11 amide bonds. The largest absolute Gasteiger partial charge is 0.481 e. The van der Waals surface area contributed by atoms with E-state index in [1.54, 1.807) is 0 Å². The van der Waals surface area contributed by atoms with Crippen molar-refractivity contribution in [3.63, 3.8) is 0 Å². The van der Waals surface area contributed by atoms with E-state index in [1.807, 2.05) is 0 Å². The third-order valence-electron chi connectivity index (χ3n) is 10.5. The number of hydrogen-bond donors (Lipinski definition) is 10. The molecule has 0 saturated carbocycles. The van der Waals surface area contributed by atoms with Crippen LogP contribution in [0.2, 0.25) is 0 Å². The second-order valence-electron chi connectivity index (χ2n) is 14.8. The number of carbonyl (C=O) groups is 12. The molecule has 5 saturated heterocycles. The first-order chi connectivity index (χ1) is 27.8. The Morgan fingerprint density at radius 2 is 1.34 bits per heavy atom. The molecule has 12 N–H and O–H groups in total. The Balaban J connectivity index is 1.55. The molecular weight excluding hydrogens is 823 g/mol. The molecule has 0 unspecified atom stereocenters. The number of nitrogens with zero attached hydrogens (tertiary/aromatic N) is 2. The highest BCUT2D eigenvalue weighted by atomic mass is 33.1. The molecule has 322 valence electrons. The Labute approximate surface area is 343 Å². The molecule has 5 aliphatic heterocycles. The van der Waals surface area contributed by atoms with Crippen molar-refractivity contribution in [3.05, 3.63) is 0 Å². The normalized spacial score (nSPS) is 32.7. The molecule has 0 aromatic rings. The molecule has 5 aliphatic rings. The van der Waals surface area contributed by atoms with Gasteiger partial charge in [-0.3, -0.25) is 57.5 Å². The predicted octanol–water partition coefficient (Wildman–Crippen LogP) is -6.60. The van der Waals surface area contributed by atoms with Crippen molar-refractivity contribution < 1.29 is 62.6 Å². The number of primary amides is 2. The first kappa shape index (κ1) is 44.4. The van der Waals surface area contributed by atoms with Crippen LogP contribution in [0.15, 0.2) is 0 Å². The summed E-state index contributed by atoms with van der Waals surface area (Å²) >= 11 is 0. The Kier molecular flexibility index (Phi) is 13.9. The third kappa shape index (κ3) is 10.3. The number of carboxylic acid groups (broad SMARTS) is 1. The van der Waals surface area contributed by atoms with Crippen molar-refractivity contribution >= 4 is 92.5 Å². The van der Waals surface area contributed by atoms with Gasteiger partial charge >= 0.3 is 5.97 Å². The van der Waals surface area contributed by atoms with Gasteiger partial charge in [0.1, 0.15) is 47.8 Å². The minimum absolute atomic E-state index is 0.0278. The maximum absolute atomic E-state index is 14.0. The van der Waals surface area contributed by atoms with Crippen molar-refractivity contribution in [1.29, 1.82) is 0 Å². The standard InChI is InChI=1S/C33H45N11O13S2/c1-13-25(50)41-19-12-59-58-11-18(38-23(47)7-17-31(56)44-10-14(37-27(19)52)8-33(44,9-24(48)49)32(57)42-17)28(53)40-16(6-22(35)46)30(55)43-4-2-3-20(43)29(54)39-15(5-21(34)45)26(51)36-13/h13-20H,2-12H2,1H3,(H2,34,45)(H2,35,46)(H,36,51)(H,37,52)(H,38,47)(H,39,54)(H,40,53)(H,41,50)(H,42,57)(H,48,49)/t13-,14-,15-,16-,17-,18-,19-,20-,33+/m0/s1. The van der Waals surface area contributed by atoms with Gasteiger partial charge in [-0.25, -0.2) is 0 Å². The smallest absolute Gasteiger partial charge is 0.306 e. The topological polar surface area (TPSA) is 368 Å². The molecule has 5 bridgehead atoms. The summed E-state index contributed by atoms with van der Waals surface area (Å²) in [7, 11) is 1.93. The van der Waals surface area contributed by atoms with E-state index < -0.39 is 151 Å². The summed E-state index contributed by atoms with van der Waals surface area (Å²) in [6.45, 7) is 0.884. The van der Waals surface area contributed by atoms with Gasteiger partial charge in [-0.2, -0.15) is 0 Å². The Hall–Kier alpha value is -5.66. The van der Waals surface area contributed by atoms with Gasteiger partial charge in [0.05, 0.1) is 25.7 Å². The maximum Gasteiger partial charge on any atom is 0.306 e. The molecule has 5 rings (SSSR count). The lowest BCUT2D eigenvalue weighted by Crippen LogP contribution is -2.69. The number of fused-ring (bicyclic) bond motifs is 8. The Morgan fingerprint density at radius 1 is 0.729 bits per heavy atom. The van der Waals surface area contributed by atoms with Crippen LogP contribution in [0.4, 0.5) is 0 Å². The fourth-order valence-corrected chi connectivity index (χ4v) is 9.97. The summed E-state index contributed by atoms with van der Waals surface area (Å²) in [6, 6.07) is -11.4. The Bertz CT molecular complexity index is 1840. The van der Waals surface area contributed by atoms with Crippen LogP contribution in [0.1, 0.15) is 51.9 Å². The average Bonchev–Trinajstić information content (AvgIpc) is 3.78. The SMILES string of the molecule is C[C@@H]1NC(=O)[C@H](CC(N)=O)NC(=O)[C@@H]2CCCN2C(=O)[C@H](CC(N)=O)NC(=O)[C@@H]2CSSC[C@H](NC1=O)C(=O)N[C@@H]1CN3C(=O)[C@H](CC(=O)N2)NC(=O)[C@]3(CC(=O)O)C1. The van der Waals surface area contributed by atoms with Gasteiger partial charge in [0.15, 0.2) is 0 Å². The monoisotopic (exact) mass is 867 g/mol. The summed E-state index contributed by atoms with van der Waals surface area (Å²) in [5.41, 5.74) is 8.85. The molecule has 59 heavy (non-hydrogen) atoms. The zero-order valence-corrected chi connectivity index (χ0v) is 33.2. The lowest BCUT2D eigenvalue weighted by atomic mass is 9.86. The number of carboxylic acids is 1. The molecular formula is C33H45N11O13S2. The zero-order chi connectivity index (χ0) is 43.3.